The molecule has 182 valence electrons. The highest BCUT2D eigenvalue weighted by Crippen LogP contribution is 2.34. The van der Waals surface area contributed by atoms with Gasteiger partial charge in [-0.1, -0.05) is 91.0 Å². The number of carbonyl (C=O) groups excluding carboxylic acids is 1. The van der Waals surface area contributed by atoms with Crippen LogP contribution in [0.25, 0.3) is 11.1 Å². The van der Waals surface area contributed by atoms with Gasteiger partial charge in [-0.15, -0.1) is 0 Å². The quantitative estimate of drug-likeness (QED) is 0.334. The van der Waals surface area contributed by atoms with Crippen molar-refractivity contribution in [1.29, 1.82) is 0 Å². The van der Waals surface area contributed by atoms with Crippen molar-refractivity contribution in [3.05, 3.63) is 131 Å². The van der Waals surface area contributed by atoms with Crippen molar-refractivity contribution >= 4 is 5.91 Å². The molecule has 3 nitrogen and oxygen atoms in total. The molecule has 0 saturated carbocycles. The summed E-state index contributed by atoms with van der Waals surface area (Å²) in [6.07, 6.45) is -4.40. The first kappa shape index (κ1) is 23.8. The van der Waals surface area contributed by atoms with E-state index < -0.39 is 11.7 Å². The van der Waals surface area contributed by atoms with Crippen molar-refractivity contribution in [3.63, 3.8) is 0 Å². The largest absolute Gasteiger partial charge is 0.416 e. The molecule has 5 rings (SSSR count). The minimum Gasteiger partial charge on any atom is -0.347 e. The molecule has 1 N–H and O–H groups in total. The number of carbonyl (C=O) groups is 1. The minimum atomic E-state index is -4.40. The fourth-order valence-electron chi connectivity index (χ4n) is 4.73. The first-order valence-electron chi connectivity index (χ1n) is 11.8. The van der Waals surface area contributed by atoms with Gasteiger partial charge in [-0.05, 0) is 40.5 Å². The predicted molar refractivity (Wildman–Crippen MR) is 134 cm³/mol. The lowest BCUT2D eigenvalue weighted by Crippen LogP contribution is -2.60. The van der Waals surface area contributed by atoms with Crippen LogP contribution >= 0.6 is 0 Å². The molecule has 1 aliphatic heterocycles. The summed E-state index contributed by atoms with van der Waals surface area (Å²) in [5, 5.41) is 3.11. The molecule has 1 saturated heterocycles. The Morgan fingerprint density at radius 3 is 1.83 bits per heavy atom. The third kappa shape index (κ3) is 5.04. The Morgan fingerprint density at radius 2 is 1.28 bits per heavy atom. The highest BCUT2D eigenvalue weighted by Gasteiger charge is 2.35. The van der Waals surface area contributed by atoms with Gasteiger partial charge in [0, 0.05) is 18.7 Å². The SMILES string of the molecule is O=C(NC1CN(C(c2ccccc2)c2ccccc2)C1)c1ccccc1-c1ccc(C(F)(F)F)cc1. The van der Waals surface area contributed by atoms with Crippen LogP contribution < -0.4 is 5.32 Å². The van der Waals surface area contributed by atoms with Gasteiger partial charge >= 0.3 is 6.18 Å². The second-order valence-corrected chi connectivity index (χ2v) is 8.97. The van der Waals surface area contributed by atoms with Gasteiger partial charge in [-0.2, -0.15) is 13.2 Å². The van der Waals surface area contributed by atoms with Gasteiger partial charge in [0.15, 0.2) is 0 Å². The molecule has 0 spiro atoms. The number of benzene rings is 4. The number of hydrogen-bond acceptors (Lipinski definition) is 2. The molecule has 0 aliphatic carbocycles. The minimum absolute atomic E-state index is 0.0203. The Kier molecular flexibility index (Phi) is 6.61. The van der Waals surface area contributed by atoms with E-state index in [0.717, 1.165) is 12.1 Å². The lowest BCUT2D eigenvalue weighted by Gasteiger charge is -2.45. The van der Waals surface area contributed by atoms with Crippen LogP contribution in [0.1, 0.15) is 33.1 Å². The molecule has 4 aromatic rings. The Hall–Kier alpha value is -3.90. The van der Waals surface area contributed by atoms with Gasteiger partial charge in [0.05, 0.1) is 17.6 Å². The summed E-state index contributed by atoms with van der Waals surface area (Å²) < 4.78 is 38.9. The van der Waals surface area contributed by atoms with E-state index in [-0.39, 0.29) is 18.0 Å². The summed E-state index contributed by atoms with van der Waals surface area (Å²) >= 11 is 0. The summed E-state index contributed by atoms with van der Waals surface area (Å²) in [5.41, 5.74) is 3.29. The van der Waals surface area contributed by atoms with Gasteiger partial charge in [0.1, 0.15) is 0 Å². The molecule has 1 fully saturated rings. The Bertz CT molecular complexity index is 1280. The highest BCUT2D eigenvalue weighted by atomic mass is 19.4. The van der Waals surface area contributed by atoms with Crippen LogP contribution in [0, 0.1) is 0 Å². The van der Waals surface area contributed by atoms with Gasteiger partial charge in [0.2, 0.25) is 0 Å². The van der Waals surface area contributed by atoms with E-state index >= 15 is 0 Å². The molecule has 6 heteroatoms. The molecule has 1 heterocycles. The van der Waals surface area contributed by atoms with E-state index in [1.165, 1.54) is 23.3 Å². The molecule has 1 amide bonds. The summed E-state index contributed by atoms with van der Waals surface area (Å²) in [4.78, 5) is 15.5. The Morgan fingerprint density at radius 1 is 0.750 bits per heavy atom. The maximum Gasteiger partial charge on any atom is 0.416 e. The van der Waals surface area contributed by atoms with Gasteiger partial charge in [-0.3, -0.25) is 9.69 Å². The number of hydrogen-bond donors (Lipinski definition) is 1. The van der Waals surface area contributed by atoms with Crippen molar-refractivity contribution < 1.29 is 18.0 Å². The van der Waals surface area contributed by atoms with E-state index in [1.807, 2.05) is 36.4 Å². The van der Waals surface area contributed by atoms with Crippen molar-refractivity contribution in [2.24, 2.45) is 0 Å². The maximum atomic E-state index is 13.2. The summed E-state index contributed by atoms with van der Waals surface area (Å²) in [7, 11) is 0. The zero-order chi connectivity index (χ0) is 25.1. The number of likely N-dealkylation sites (tertiary alicyclic amines) is 1. The van der Waals surface area contributed by atoms with Crippen LogP contribution in [0.3, 0.4) is 0 Å². The van der Waals surface area contributed by atoms with Crippen LogP contribution in [0.2, 0.25) is 0 Å². The first-order chi connectivity index (χ1) is 17.4. The van der Waals surface area contributed by atoms with Crippen LogP contribution in [-0.4, -0.2) is 29.9 Å². The molecule has 0 bridgehead atoms. The topological polar surface area (TPSA) is 32.3 Å². The third-order valence-electron chi connectivity index (χ3n) is 6.54. The third-order valence-corrected chi connectivity index (χ3v) is 6.54. The average molecular weight is 487 g/mol. The number of amides is 1. The number of nitrogens with zero attached hydrogens (tertiary/aromatic N) is 1. The summed E-state index contributed by atoms with van der Waals surface area (Å²) in [6, 6.07) is 32.6. The van der Waals surface area contributed by atoms with Crippen molar-refractivity contribution in [1.82, 2.24) is 10.2 Å². The number of rotatable bonds is 6. The van der Waals surface area contributed by atoms with Crippen molar-refractivity contribution in [2.45, 2.75) is 18.3 Å². The first-order valence-corrected chi connectivity index (χ1v) is 11.8. The lowest BCUT2D eigenvalue weighted by atomic mass is 9.92. The molecule has 0 unspecified atom stereocenters. The molecule has 36 heavy (non-hydrogen) atoms. The molecular formula is C30H25F3N2O. The van der Waals surface area contributed by atoms with Crippen LogP contribution in [0.15, 0.2) is 109 Å². The fourth-order valence-corrected chi connectivity index (χ4v) is 4.73. The molecule has 0 radical (unpaired) electrons. The normalized spacial score (nSPS) is 14.4. The van der Waals surface area contributed by atoms with E-state index in [0.29, 0.717) is 29.8 Å². The summed E-state index contributed by atoms with van der Waals surface area (Å²) in [5.74, 6) is -0.230. The van der Waals surface area contributed by atoms with Crippen LogP contribution in [-0.2, 0) is 6.18 Å². The number of nitrogens with one attached hydrogen (secondary N) is 1. The van der Waals surface area contributed by atoms with Crippen LogP contribution in [0.4, 0.5) is 13.2 Å². The monoisotopic (exact) mass is 486 g/mol. The van der Waals surface area contributed by atoms with E-state index in [9.17, 15) is 18.0 Å². The Balaban J connectivity index is 1.30. The lowest BCUT2D eigenvalue weighted by molar-refractivity contribution is -0.137. The molecule has 0 atom stereocenters. The molecular weight excluding hydrogens is 461 g/mol. The van der Waals surface area contributed by atoms with E-state index in [4.69, 9.17) is 0 Å². The number of halogens is 3. The fraction of sp³-hybridized carbons (Fsp3) is 0.167. The zero-order valence-corrected chi connectivity index (χ0v) is 19.5. The second kappa shape index (κ2) is 9.99. The second-order valence-electron chi connectivity index (χ2n) is 8.97. The van der Waals surface area contributed by atoms with Gasteiger partial charge in [-0.25, -0.2) is 0 Å². The van der Waals surface area contributed by atoms with E-state index in [1.54, 1.807) is 24.3 Å². The van der Waals surface area contributed by atoms with Crippen molar-refractivity contribution in [2.75, 3.05) is 13.1 Å². The summed E-state index contributed by atoms with van der Waals surface area (Å²) in [6.45, 7) is 1.39. The van der Waals surface area contributed by atoms with Crippen LogP contribution in [0.5, 0.6) is 0 Å². The van der Waals surface area contributed by atoms with Gasteiger partial charge in [0.25, 0.3) is 5.91 Å². The number of alkyl halides is 3. The standard InChI is InChI=1S/C30H25F3N2O/c31-30(32,33)24-17-15-21(16-18-24)26-13-7-8-14-27(26)29(36)34-25-19-35(20-25)28(22-9-3-1-4-10-22)23-11-5-2-6-12-23/h1-18,25,28H,19-20H2,(H,34,36). The molecule has 4 aromatic carbocycles. The smallest absolute Gasteiger partial charge is 0.347 e. The van der Waals surface area contributed by atoms with Gasteiger partial charge < -0.3 is 5.32 Å². The average Bonchev–Trinajstić information content (AvgIpc) is 2.88. The maximum absolute atomic E-state index is 13.2. The predicted octanol–water partition coefficient (Wildman–Crippen LogP) is 6.58. The molecule has 0 aromatic heterocycles. The molecule has 1 aliphatic rings. The highest BCUT2D eigenvalue weighted by molar-refractivity contribution is 6.01. The van der Waals surface area contributed by atoms with Crippen molar-refractivity contribution in [3.8, 4) is 11.1 Å². The Labute approximate surface area is 208 Å². The zero-order valence-electron chi connectivity index (χ0n) is 19.5. The van der Waals surface area contributed by atoms with E-state index in [2.05, 4.69) is 34.5 Å².